The van der Waals surface area contributed by atoms with Crippen LogP contribution in [0.3, 0.4) is 0 Å². The van der Waals surface area contributed by atoms with Crippen LogP contribution in [0.4, 0.5) is 0 Å². The molecular weight excluding hydrogens is 250 g/mol. The summed E-state index contributed by atoms with van der Waals surface area (Å²) in [5.74, 6) is -0.855. The fourth-order valence-electron chi connectivity index (χ4n) is 1.29. The van der Waals surface area contributed by atoms with Crippen molar-refractivity contribution in [1.82, 2.24) is 10.3 Å². The molecule has 0 bridgehead atoms. The fraction of sp³-hybridized carbons (Fsp3) is 0.273. The maximum absolute atomic E-state index is 11.6. The summed E-state index contributed by atoms with van der Waals surface area (Å²) in [4.78, 5) is 26.0. The number of hydrogen-bond donors (Lipinski definition) is 4. The Hall–Kier alpha value is -2.64. The Kier molecular flexibility index (Phi) is 5.27. The highest BCUT2D eigenvalue weighted by atomic mass is 16.4. The molecule has 0 aromatic carbocycles. The number of carbonyl (C=O) groups excluding carboxylic acids is 2. The van der Waals surface area contributed by atoms with Crippen molar-refractivity contribution >= 4 is 17.6 Å². The van der Waals surface area contributed by atoms with E-state index >= 15 is 0 Å². The van der Waals surface area contributed by atoms with E-state index in [4.69, 9.17) is 16.7 Å². The third-order valence-corrected chi connectivity index (χ3v) is 2.29. The normalized spacial score (nSPS) is 11.1. The van der Waals surface area contributed by atoms with Gasteiger partial charge in [0.25, 0.3) is 5.91 Å². The van der Waals surface area contributed by atoms with Crippen LogP contribution in [0.2, 0.25) is 0 Å². The van der Waals surface area contributed by atoms with Gasteiger partial charge in [-0.3, -0.25) is 14.6 Å². The molecule has 0 fully saturated rings. The second-order valence-electron chi connectivity index (χ2n) is 3.74. The van der Waals surface area contributed by atoms with Gasteiger partial charge in [-0.2, -0.15) is 0 Å². The minimum absolute atomic E-state index is 0.0825. The Bertz CT molecular complexity index is 484. The smallest absolute Gasteiger partial charge is 0.269 e. The average Bonchev–Trinajstić information content (AvgIpc) is 2.42. The van der Waals surface area contributed by atoms with Crippen molar-refractivity contribution in [2.24, 2.45) is 16.6 Å². The first-order valence-electron chi connectivity index (χ1n) is 5.55. The van der Waals surface area contributed by atoms with E-state index in [1.54, 1.807) is 0 Å². The predicted octanol–water partition coefficient (Wildman–Crippen LogP) is -0.829. The number of rotatable bonds is 6. The van der Waals surface area contributed by atoms with Crippen molar-refractivity contribution in [3.8, 4) is 0 Å². The van der Waals surface area contributed by atoms with Crippen molar-refractivity contribution < 1.29 is 14.8 Å². The first-order valence-corrected chi connectivity index (χ1v) is 5.55. The quantitative estimate of drug-likeness (QED) is 0.174. The van der Waals surface area contributed by atoms with Crippen molar-refractivity contribution in [3.63, 3.8) is 0 Å². The van der Waals surface area contributed by atoms with Gasteiger partial charge in [-0.25, -0.2) is 0 Å². The molecule has 1 rings (SSSR count). The van der Waals surface area contributed by atoms with Gasteiger partial charge in [-0.05, 0) is 18.6 Å². The standard InChI is InChI=1S/C11H15N5O3/c12-9(17)2-1-5-14-11(18)8-4-3-7(6-15-8)10(13)16-19/h3-4,6,19H,1-2,5H2,(H2,12,17)(H2,13,16)(H,14,18). The molecule has 2 amide bonds. The van der Waals surface area contributed by atoms with Crippen LogP contribution in [-0.4, -0.2) is 34.4 Å². The van der Waals surface area contributed by atoms with Crippen molar-refractivity contribution in [2.45, 2.75) is 12.8 Å². The zero-order valence-corrected chi connectivity index (χ0v) is 10.2. The lowest BCUT2D eigenvalue weighted by molar-refractivity contribution is -0.118. The second kappa shape index (κ2) is 6.94. The van der Waals surface area contributed by atoms with Gasteiger partial charge in [-0.1, -0.05) is 5.16 Å². The summed E-state index contributed by atoms with van der Waals surface area (Å²) >= 11 is 0. The number of oxime groups is 1. The summed E-state index contributed by atoms with van der Waals surface area (Å²) in [7, 11) is 0. The Morgan fingerprint density at radius 1 is 1.37 bits per heavy atom. The van der Waals surface area contributed by atoms with E-state index in [1.807, 2.05) is 0 Å². The highest BCUT2D eigenvalue weighted by molar-refractivity contribution is 5.98. The zero-order chi connectivity index (χ0) is 14.3. The molecule has 19 heavy (non-hydrogen) atoms. The lowest BCUT2D eigenvalue weighted by atomic mass is 10.2. The third-order valence-electron chi connectivity index (χ3n) is 2.29. The highest BCUT2D eigenvalue weighted by Gasteiger charge is 2.07. The van der Waals surface area contributed by atoms with Crippen LogP contribution in [-0.2, 0) is 4.79 Å². The Morgan fingerprint density at radius 2 is 2.11 bits per heavy atom. The van der Waals surface area contributed by atoms with Gasteiger partial charge in [-0.15, -0.1) is 0 Å². The molecule has 0 saturated heterocycles. The number of pyridine rings is 1. The molecule has 0 unspecified atom stereocenters. The summed E-state index contributed by atoms with van der Waals surface area (Å²) in [5.41, 5.74) is 10.9. The van der Waals surface area contributed by atoms with E-state index in [0.717, 1.165) is 0 Å². The molecule has 0 radical (unpaired) electrons. The number of nitrogens with zero attached hydrogens (tertiary/aromatic N) is 2. The van der Waals surface area contributed by atoms with Gasteiger partial charge in [0, 0.05) is 24.7 Å². The molecule has 0 saturated carbocycles. The van der Waals surface area contributed by atoms with E-state index in [2.05, 4.69) is 15.5 Å². The van der Waals surface area contributed by atoms with Crippen molar-refractivity contribution in [1.29, 1.82) is 0 Å². The van der Waals surface area contributed by atoms with Gasteiger partial charge in [0.05, 0.1) is 0 Å². The predicted molar refractivity (Wildman–Crippen MR) is 67.5 cm³/mol. The lowest BCUT2D eigenvalue weighted by Gasteiger charge is -2.04. The van der Waals surface area contributed by atoms with Crippen molar-refractivity contribution in [2.75, 3.05) is 6.54 Å². The van der Waals surface area contributed by atoms with Crippen LogP contribution in [0, 0.1) is 0 Å². The van der Waals surface area contributed by atoms with Crippen LogP contribution < -0.4 is 16.8 Å². The summed E-state index contributed by atoms with van der Waals surface area (Å²) < 4.78 is 0. The number of primary amides is 1. The Labute approximate surface area is 109 Å². The van der Waals surface area contributed by atoms with Crippen molar-refractivity contribution in [3.05, 3.63) is 29.6 Å². The maximum Gasteiger partial charge on any atom is 0.269 e. The largest absolute Gasteiger partial charge is 0.409 e. The zero-order valence-electron chi connectivity index (χ0n) is 10.2. The summed E-state index contributed by atoms with van der Waals surface area (Å²) in [6, 6.07) is 2.97. The van der Waals surface area contributed by atoms with Gasteiger partial charge >= 0.3 is 0 Å². The van der Waals surface area contributed by atoms with Gasteiger partial charge in [0.2, 0.25) is 5.91 Å². The molecule has 1 heterocycles. The summed E-state index contributed by atoms with van der Waals surface area (Å²) in [6.07, 6.45) is 2.02. The highest BCUT2D eigenvalue weighted by Crippen LogP contribution is 2.00. The number of carbonyl (C=O) groups is 2. The molecule has 8 heteroatoms. The number of aromatic nitrogens is 1. The summed E-state index contributed by atoms with van der Waals surface area (Å²) in [6.45, 7) is 0.339. The fourth-order valence-corrected chi connectivity index (χ4v) is 1.29. The Balaban J connectivity index is 2.51. The number of nitrogens with one attached hydrogen (secondary N) is 1. The minimum atomic E-state index is -0.407. The molecule has 0 spiro atoms. The first-order chi connectivity index (χ1) is 9.04. The second-order valence-corrected chi connectivity index (χ2v) is 3.74. The van der Waals surface area contributed by atoms with Crippen LogP contribution in [0.25, 0.3) is 0 Å². The van der Waals surface area contributed by atoms with E-state index in [1.165, 1.54) is 18.3 Å². The monoisotopic (exact) mass is 265 g/mol. The van der Waals surface area contributed by atoms with E-state index < -0.39 is 5.91 Å². The van der Waals surface area contributed by atoms with E-state index in [0.29, 0.717) is 18.5 Å². The van der Waals surface area contributed by atoms with Crippen LogP contribution in [0.5, 0.6) is 0 Å². The topological polar surface area (TPSA) is 144 Å². The maximum atomic E-state index is 11.6. The lowest BCUT2D eigenvalue weighted by Crippen LogP contribution is -2.26. The third kappa shape index (κ3) is 4.62. The number of nitrogens with two attached hydrogens (primary N) is 2. The van der Waals surface area contributed by atoms with Crippen LogP contribution in [0.15, 0.2) is 23.5 Å². The summed E-state index contributed by atoms with van der Waals surface area (Å²) in [5, 5.41) is 13.9. The van der Waals surface area contributed by atoms with Gasteiger partial charge in [0.1, 0.15) is 5.69 Å². The van der Waals surface area contributed by atoms with Crippen LogP contribution >= 0.6 is 0 Å². The van der Waals surface area contributed by atoms with Crippen LogP contribution in [0.1, 0.15) is 28.9 Å². The molecule has 1 aromatic rings. The molecule has 0 aliphatic heterocycles. The number of amidine groups is 1. The average molecular weight is 265 g/mol. The Morgan fingerprint density at radius 3 is 2.63 bits per heavy atom. The molecule has 6 N–H and O–H groups in total. The number of hydrogen-bond acceptors (Lipinski definition) is 5. The molecule has 8 nitrogen and oxygen atoms in total. The van der Waals surface area contributed by atoms with E-state index in [9.17, 15) is 9.59 Å². The van der Waals surface area contributed by atoms with Gasteiger partial charge < -0.3 is 22.0 Å². The molecule has 0 atom stereocenters. The molecule has 0 aliphatic rings. The molecular formula is C11H15N5O3. The minimum Gasteiger partial charge on any atom is -0.409 e. The SMILES string of the molecule is NC(=O)CCCNC(=O)c1ccc(C(N)=NO)cn1. The van der Waals surface area contributed by atoms with E-state index in [-0.39, 0.29) is 23.9 Å². The molecule has 102 valence electrons. The van der Waals surface area contributed by atoms with Gasteiger partial charge in [0.15, 0.2) is 5.84 Å². The molecule has 1 aromatic heterocycles. The molecule has 0 aliphatic carbocycles. The first kappa shape index (κ1) is 14.4. The number of amides is 2.